The number of rotatable bonds is 4. The number of ether oxygens (including phenoxy) is 1. The monoisotopic (exact) mass is 306 g/mol. The predicted octanol–water partition coefficient (Wildman–Crippen LogP) is 5.52. The number of aldehydes is 1. The summed E-state index contributed by atoms with van der Waals surface area (Å²) < 4.78 is 18.9. The molecule has 2 rings (SSSR count). The number of hydrogen-bond acceptors (Lipinski definition) is 2. The van der Waals surface area contributed by atoms with Crippen LogP contribution in [0.5, 0.6) is 11.5 Å². The van der Waals surface area contributed by atoms with Crippen LogP contribution in [0.1, 0.15) is 41.3 Å². The van der Waals surface area contributed by atoms with Gasteiger partial charge in [0.05, 0.1) is 5.56 Å². The van der Waals surface area contributed by atoms with E-state index in [0.29, 0.717) is 22.8 Å². The summed E-state index contributed by atoms with van der Waals surface area (Å²) in [6, 6.07) is 7.55. The lowest BCUT2D eigenvalue weighted by atomic mass is 10.0. The van der Waals surface area contributed by atoms with Gasteiger partial charge < -0.3 is 4.74 Å². The van der Waals surface area contributed by atoms with Crippen LogP contribution >= 0.6 is 11.6 Å². The quantitative estimate of drug-likeness (QED) is 0.696. The average molecular weight is 307 g/mol. The minimum absolute atomic E-state index is 0.176. The molecule has 0 atom stereocenters. The maximum atomic E-state index is 13.1. The zero-order valence-electron chi connectivity index (χ0n) is 12.1. The summed E-state index contributed by atoms with van der Waals surface area (Å²) in [4.78, 5) is 11.0. The molecule has 0 N–H and O–H groups in total. The van der Waals surface area contributed by atoms with E-state index in [-0.39, 0.29) is 11.5 Å². The molecule has 0 aliphatic rings. The first kappa shape index (κ1) is 15.5. The molecule has 0 saturated carbocycles. The smallest absolute Gasteiger partial charge is 0.153 e. The SMILES string of the molecule is Cc1cc(Cl)c(C(C)C)cc1Oc1ccc(F)cc1C=O. The molecule has 0 amide bonds. The largest absolute Gasteiger partial charge is 0.456 e. The first-order valence-corrected chi connectivity index (χ1v) is 7.02. The number of hydrogen-bond donors (Lipinski definition) is 0. The molecular weight excluding hydrogens is 291 g/mol. The second kappa shape index (κ2) is 6.27. The lowest BCUT2D eigenvalue weighted by molar-refractivity contribution is 0.112. The number of benzene rings is 2. The molecule has 0 heterocycles. The van der Waals surface area contributed by atoms with Crippen LogP contribution in [0.4, 0.5) is 4.39 Å². The first-order valence-electron chi connectivity index (χ1n) is 6.65. The maximum Gasteiger partial charge on any atom is 0.153 e. The van der Waals surface area contributed by atoms with Gasteiger partial charge in [-0.2, -0.15) is 0 Å². The molecule has 0 fully saturated rings. The van der Waals surface area contributed by atoms with Crippen molar-refractivity contribution in [1.82, 2.24) is 0 Å². The van der Waals surface area contributed by atoms with Crippen molar-refractivity contribution >= 4 is 17.9 Å². The Morgan fingerprint density at radius 3 is 2.52 bits per heavy atom. The van der Waals surface area contributed by atoms with Gasteiger partial charge in [-0.1, -0.05) is 25.4 Å². The Bertz CT molecular complexity index is 681. The molecule has 0 unspecified atom stereocenters. The van der Waals surface area contributed by atoms with Crippen LogP contribution in [0, 0.1) is 12.7 Å². The Labute approximate surface area is 128 Å². The van der Waals surface area contributed by atoms with Gasteiger partial charge in [0.25, 0.3) is 0 Å². The lowest BCUT2D eigenvalue weighted by Gasteiger charge is -2.15. The van der Waals surface area contributed by atoms with Crippen molar-refractivity contribution in [1.29, 1.82) is 0 Å². The zero-order valence-corrected chi connectivity index (χ0v) is 12.9. The molecule has 0 bridgehead atoms. The van der Waals surface area contributed by atoms with E-state index >= 15 is 0 Å². The van der Waals surface area contributed by atoms with Crippen molar-refractivity contribution in [3.05, 3.63) is 57.9 Å². The van der Waals surface area contributed by atoms with E-state index in [0.717, 1.165) is 17.2 Å². The van der Waals surface area contributed by atoms with Crippen LogP contribution in [-0.4, -0.2) is 6.29 Å². The van der Waals surface area contributed by atoms with E-state index in [4.69, 9.17) is 16.3 Å². The number of aryl methyl sites for hydroxylation is 1. The van der Waals surface area contributed by atoms with E-state index < -0.39 is 5.82 Å². The molecule has 0 aromatic heterocycles. The van der Waals surface area contributed by atoms with E-state index in [1.165, 1.54) is 12.1 Å². The molecule has 2 aromatic carbocycles. The van der Waals surface area contributed by atoms with Crippen molar-refractivity contribution < 1.29 is 13.9 Å². The third-order valence-corrected chi connectivity index (χ3v) is 3.56. The minimum Gasteiger partial charge on any atom is -0.456 e. The van der Waals surface area contributed by atoms with Gasteiger partial charge in [0.1, 0.15) is 17.3 Å². The highest BCUT2D eigenvalue weighted by Gasteiger charge is 2.12. The molecule has 2 aromatic rings. The normalized spacial score (nSPS) is 10.8. The number of carbonyl (C=O) groups excluding carboxylic acids is 1. The minimum atomic E-state index is -0.472. The van der Waals surface area contributed by atoms with E-state index in [2.05, 4.69) is 0 Å². The van der Waals surface area contributed by atoms with Crippen molar-refractivity contribution in [3.63, 3.8) is 0 Å². The van der Waals surface area contributed by atoms with Crippen LogP contribution in [-0.2, 0) is 0 Å². The second-order valence-corrected chi connectivity index (χ2v) is 5.60. The highest BCUT2D eigenvalue weighted by Crippen LogP contribution is 2.34. The fourth-order valence-corrected chi connectivity index (χ4v) is 2.48. The van der Waals surface area contributed by atoms with Gasteiger partial charge in [-0.05, 0) is 54.3 Å². The van der Waals surface area contributed by atoms with Crippen molar-refractivity contribution in [2.45, 2.75) is 26.7 Å². The summed E-state index contributed by atoms with van der Waals surface area (Å²) in [5.41, 5.74) is 1.99. The molecule has 0 aliphatic heterocycles. The first-order chi connectivity index (χ1) is 9.92. The summed E-state index contributed by atoms with van der Waals surface area (Å²) >= 11 is 6.22. The maximum absolute atomic E-state index is 13.1. The van der Waals surface area contributed by atoms with Gasteiger partial charge in [0.15, 0.2) is 6.29 Å². The highest BCUT2D eigenvalue weighted by molar-refractivity contribution is 6.31. The third-order valence-electron chi connectivity index (χ3n) is 3.23. The zero-order chi connectivity index (χ0) is 15.6. The molecular formula is C17H16ClFO2. The molecule has 0 saturated heterocycles. The van der Waals surface area contributed by atoms with Gasteiger partial charge in [-0.25, -0.2) is 4.39 Å². The second-order valence-electron chi connectivity index (χ2n) is 5.20. The van der Waals surface area contributed by atoms with Gasteiger partial charge >= 0.3 is 0 Å². The lowest BCUT2D eigenvalue weighted by Crippen LogP contribution is -1.96. The Morgan fingerprint density at radius 1 is 1.19 bits per heavy atom. The van der Waals surface area contributed by atoms with Crippen LogP contribution < -0.4 is 4.74 Å². The average Bonchev–Trinajstić information content (AvgIpc) is 2.42. The molecule has 0 radical (unpaired) electrons. The van der Waals surface area contributed by atoms with Crippen molar-refractivity contribution in [3.8, 4) is 11.5 Å². The predicted molar refractivity (Wildman–Crippen MR) is 82.1 cm³/mol. The fourth-order valence-electron chi connectivity index (χ4n) is 2.04. The summed E-state index contributed by atoms with van der Waals surface area (Å²) in [5, 5.41) is 0.685. The molecule has 110 valence electrons. The number of halogens is 2. The third kappa shape index (κ3) is 3.42. The standard InChI is InChI=1S/C17H16ClFO2/c1-10(2)14-8-17(11(3)6-15(14)18)21-16-5-4-13(19)7-12(16)9-20/h4-10H,1-3H3. The van der Waals surface area contributed by atoms with Crippen LogP contribution in [0.2, 0.25) is 5.02 Å². The molecule has 21 heavy (non-hydrogen) atoms. The Hall–Kier alpha value is -1.87. The van der Waals surface area contributed by atoms with Gasteiger partial charge in [-0.15, -0.1) is 0 Å². The summed E-state index contributed by atoms with van der Waals surface area (Å²) in [6.45, 7) is 5.94. The topological polar surface area (TPSA) is 26.3 Å². The van der Waals surface area contributed by atoms with E-state index in [1.807, 2.05) is 32.9 Å². The molecule has 0 aliphatic carbocycles. The van der Waals surface area contributed by atoms with Crippen LogP contribution in [0.3, 0.4) is 0 Å². The Balaban J connectivity index is 2.44. The Kier molecular flexibility index (Phi) is 4.63. The van der Waals surface area contributed by atoms with Gasteiger partial charge in [0, 0.05) is 5.02 Å². The fraction of sp³-hybridized carbons (Fsp3) is 0.235. The number of carbonyl (C=O) groups is 1. The van der Waals surface area contributed by atoms with Gasteiger partial charge in [-0.3, -0.25) is 4.79 Å². The van der Waals surface area contributed by atoms with Crippen molar-refractivity contribution in [2.24, 2.45) is 0 Å². The van der Waals surface area contributed by atoms with Crippen molar-refractivity contribution in [2.75, 3.05) is 0 Å². The Morgan fingerprint density at radius 2 is 1.90 bits per heavy atom. The highest BCUT2D eigenvalue weighted by atomic mass is 35.5. The molecule has 4 heteroatoms. The van der Waals surface area contributed by atoms with Crippen LogP contribution in [0.25, 0.3) is 0 Å². The molecule has 0 spiro atoms. The van der Waals surface area contributed by atoms with Crippen LogP contribution in [0.15, 0.2) is 30.3 Å². The summed E-state index contributed by atoms with van der Waals surface area (Å²) in [7, 11) is 0. The molecule has 2 nitrogen and oxygen atoms in total. The summed E-state index contributed by atoms with van der Waals surface area (Å²) in [5.74, 6) is 0.712. The van der Waals surface area contributed by atoms with E-state index in [1.54, 1.807) is 0 Å². The van der Waals surface area contributed by atoms with Gasteiger partial charge in [0.2, 0.25) is 0 Å². The summed E-state index contributed by atoms with van der Waals surface area (Å²) in [6.07, 6.45) is 0.576. The van der Waals surface area contributed by atoms with E-state index in [9.17, 15) is 9.18 Å².